The molecule has 0 fully saturated rings. The van der Waals surface area contributed by atoms with Gasteiger partial charge in [0.15, 0.2) is 11.6 Å². The number of hydrogen-bond acceptors (Lipinski definition) is 1. The summed E-state index contributed by atoms with van der Waals surface area (Å²) in [5, 5.41) is 9.93. The van der Waals surface area contributed by atoms with Crippen molar-refractivity contribution in [2.45, 2.75) is 19.4 Å². The van der Waals surface area contributed by atoms with E-state index in [9.17, 15) is 18.3 Å². The van der Waals surface area contributed by atoms with Crippen molar-refractivity contribution in [3.63, 3.8) is 0 Å². The highest BCUT2D eigenvalue weighted by atomic mass is 19.2. The number of benzene rings is 2. The van der Waals surface area contributed by atoms with Crippen molar-refractivity contribution in [2.75, 3.05) is 0 Å². The van der Waals surface area contributed by atoms with Crippen molar-refractivity contribution in [1.82, 2.24) is 0 Å². The van der Waals surface area contributed by atoms with E-state index in [1.807, 2.05) is 25.1 Å². The first-order valence-electron chi connectivity index (χ1n) is 5.85. The highest BCUT2D eigenvalue weighted by molar-refractivity contribution is 5.27. The summed E-state index contributed by atoms with van der Waals surface area (Å²) in [6.45, 7) is 1.90. The summed E-state index contributed by atoms with van der Waals surface area (Å²) in [6, 6.07) is 8.50. The molecule has 0 aromatic heterocycles. The fourth-order valence-electron chi connectivity index (χ4n) is 1.97. The number of hydrogen-bond donors (Lipinski definition) is 1. The van der Waals surface area contributed by atoms with Crippen LogP contribution in [0.5, 0.6) is 0 Å². The molecule has 1 unspecified atom stereocenters. The van der Waals surface area contributed by atoms with Crippen LogP contribution in [0.2, 0.25) is 0 Å². The van der Waals surface area contributed by atoms with Crippen LogP contribution >= 0.6 is 0 Å². The van der Waals surface area contributed by atoms with Crippen LogP contribution in [0.3, 0.4) is 0 Å². The van der Waals surface area contributed by atoms with E-state index >= 15 is 0 Å². The molecule has 2 rings (SSSR count). The maximum atomic E-state index is 13.5. The van der Waals surface area contributed by atoms with Crippen molar-refractivity contribution in [3.05, 3.63) is 70.5 Å². The Balaban J connectivity index is 2.25. The number of rotatable bonds is 3. The molecule has 0 bridgehead atoms. The molecular weight excluding hydrogens is 253 g/mol. The van der Waals surface area contributed by atoms with Gasteiger partial charge in [0.2, 0.25) is 0 Å². The standard InChI is InChI=1S/C15H13F3O/c1-9-3-2-4-10(5-9)6-15(19)11-7-13(17)14(18)8-12(11)16/h2-5,7-8,15,19H,6H2,1H3. The van der Waals surface area contributed by atoms with Crippen LogP contribution in [0.4, 0.5) is 13.2 Å². The van der Waals surface area contributed by atoms with Crippen molar-refractivity contribution in [3.8, 4) is 0 Å². The lowest BCUT2D eigenvalue weighted by atomic mass is 9.99. The van der Waals surface area contributed by atoms with Gasteiger partial charge in [0, 0.05) is 18.1 Å². The van der Waals surface area contributed by atoms with E-state index in [0.29, 0.717) is 12.1 Å². The molecular formula is C15H13F3O. The molecule has 0 saturated carbocycles. The highest BCUT2D eigenvalue weighted by Crippen LogP contribution is 2.23. The third-order valence-corrected chi connectivity index (χ3v) is 2.91. The Hall–Kier alpha value is -1.81. The predicted octanol–water partition coefficient (Wildman–Crippen LogP) is 3.69. The van der Waals surface area contributed by atoms with Crippen molar-refractivity contribution >= 4 is 0 Å². The second kappa shape index (κ2) is 5.45. The van der Waals surface area contributed by atoms with Gasteiger partial charge in [0.05, 0.1) is 6.10 Å². The molecule has 2 aromatic rings. The maximum Gasteiger partial charge on any atom is 0.161 e. The van der Waals surface area contributed by atoms with E-state index in [4.69, 9.17) is 0 Å². The third-order valence-electron chi connectivity index (χ3n) is 2.91. The molecule has 4 heteroatoms. The Morgan fingerprint density at radius 2 is 1.68 bits per heavy atom. The maximum absolute atomic E-state index is 13.5. The molecule has 100 valence electrons. The number of halogens is 3. The van der Waals surface area contributed by atoms with Crippen LogP contribution in [0, 0.1) is 24.4 Å². The fraction of sp³-hybridized carbons (Fsp3) is 0.200. The van der Waals surface area contributed by atoms with Gasteiger partial charge in [-0.15, -0.1) is 0 Å². The molecule has 1 nitrogen and oxygen atoms in total. The van der Waals surface area contributed by atoms with Crippen molar-refractivity contribution in [1.29, 1.82) is 0 Å². The second-order valence-electron chi connectivity index (χ2n) is 4.50. The molecule has 0 spiro atoms. The first kappa shape index (κ1) is 13.6. The summed E-state index contributed by atoms with van der Waals surface area (Å²) >= 11 is 0. The van der Waals surface area contributed by atoms with E-state index < -0.39 is 23.6 Å². The molecule has 0 aliphatic heterocycles. The van der Waals surface area contributed by atoms with E-state index in [1.165, 1.54) is 0 Å². The Kier molecular flexibility index (Phi) is 3.90. The highest BCUT2D eigenvalue weighted by Gasteiger charge is 2.17. The minimum Gasteiger partial charge on any atom is -0.388 e. The summed E-state index contributed by atoms with van der Waals surface area (Å²) in [5.74, 6) is -3.37. The Morgan fingerprint density at radius 3 is 2.37 bits per heavy atom. The van der Waals surface area contributed by atoms with Crippen LogP contribution in [0.1, 0.15) is 22.8 Å². The number of aryl methyl sites for hydroxylation is 1. The lowest BCUT2D eigenvalue weighted by Crippen LogP contribution is -2.06. The Morgan fingerprint density at radius 1 is 1.00 bits per heavy atom. The molecule has 2 aromatic carbocycles. The van der Waals surface area contributed by atoms with E-state index in [-0.39, 0.29) is 12.0 Å². The van der Waals surface area contributed by atoms with Crippen LogP contribution in [0.25, 0.3) is 0 Å². The van der Waals surface area contributed by atoms with Gasteiger partial charge in [-0.05, 0) is 18.6 Å². The van der Waals surface area contributed by atoms with Gasteiger partial charge in [-0.3, -0.25) is 0 Å². The monoisotopic (exact) mass is 266 g/mol. The van der Waals surface area contributed by atoms with E-state index in [0.717, 1.165) is 11.1 Å². The van der Waals surface area contributed by atoms with Gasteiger partial charge < -0.3 is 5.11 Å². The minimum atomic E-state index is -1.26. The lowest BCUT2D eigenvalue weighted by Gasteiger charge is -2.13. The summed E-state index contributed by atoms with van der Waals surface area (Å²) in [5.41, 5.74) is 1.58. The average Bonchev–Trinajstić information content (AvgIpc) is 2.33. The first-order chi connectivity index (χ1) is 8.97. The molecule has 19 heavy (non-hydrogen) atoms. The molecule has 0 amide bonds. The second-order valence-corrected chi connectivity index (χ2v) is 4.50. The first-order valence-corrected chi connectivity index (χ1v) is 5.85. The zero-order valence-corrected chi connectivity index (χ0v) is 10.3. The summed E-state index contributed by atoms with van der Waals surface area (Å²) in [6.07, 6.45) is -1.07. The van der Waals surface area contributed by atoms with Gasteiger partial charge in [0.25, 0.3) is 0 Å². The van der Waals surface area contributed by atoms with E-state index in [1.54, 1.807) is 6.07 Å². The molecule has 0 radical (unpaired) electrons. The van der Waals surface area contributed by atoms with Gasteiger partial charge in [-0.1, -0.05) is 29.8 Å². The SMILES string of the molecule is Cc1cccc(CC(O)c2cc(F)c(F)cc2F)c1. The topological polar surface area (TPSA) is 20.2 Å². The number of aliphatic hydroxyl groups excluding tert-OH is 1. The zero-order valence-electron chi connectivity index (χ0n) is 10.3. The Labute approximate surface area is 109 Å². The van der Waals surface area contributed by atoms with Gasteiger partial charge in [-0.25, -0.2) is 13.2 Å². The molecule has 0 aliphatic rings. The normalized spacial score (nSPS) is 12.5. The predicted molar refractivity (Wildman–Crippen MR) is 66.2 cm³/mol. The Bertz CT molecular complexity index is 596. The van der Waals surface area contributed by atoms with Gasteiger partial charge in [-0.2, -0.15) is 0 Å². The van der Waals surface area contributed by atoms with Crippen molar-refractivity contribution < 1.29 is 18.3 Å². The smallest absolute Gasteiger partial charge is 0.161 e. The van der Waals surface area contributed by atoms with Crippen LogP contribution in [-0.2, 0) is 6.42 Å². The quantitative estimate of drug-likeness (QED) is 0.840. The van der Waals surface area contributed by atoms with Gasteiger partial charge >= 0.3 is 0 Å². The summed E-state index contributed by atoms with van der Waals surface area (Å²) in [7, 11) is 0. The largest absolute Gasteiger partial charge is 0.388 e. The molecule has 1 N–H and O–H groups in total. The van der Waals surface area contributed by atoms with Crippen LogP contribution < -0.4 is 0 Å². The lowest BCUT2D eigenvalue weighted by molar-refractivity contribution is 0.172. The van der Waals surface area contributed by atoms with Crippen LogP contribution in [-0.4, -0.2) is 5.11 Å². The zero-order chi connectivity index (χ0) is 14.0. The van der Waals surface area contributed by atoms with E-state index in [2.05, 4.69) is 0 Å². The molecule has 1 atom stereocenters. The molecule has 0 heterocycles. The van der Waals surface area contributed by atoms with Crippen molar-refractivity contribution in [2.24, 2.45) is 0 Å². The fourth-order valence-corrected chi connectivity index (χ4v) is 1.97. The average molecular weight is 266 g/mol. The summed E-state index contributed by atoms with van der Waals surface area (Å²) < 4.78 is 39.4. The van der Waals surface area contributed by atoms with Crippen LogP contribution in [0.15, 0.2) is 36.4 Å². The summed E-state index contributed by atoms with van der Waals surface area (Å²) in [4.78, 5) is 0. The minimum absolute atomic E-state index is 0.143. The van der Waals surface area contributed by atoms with Gasteiger partial charge in [0.1, 0.15) is 5.82 Å². The number of aliphatic hydroxyl groups is 1. The third kappa shape index (κ3) is 3.15. The molecule has 0 aliphatic carbocycles. The molecule has 0 saturated heterocycles.